The summed E-state index contributed by atoms with van der Waals surface area (Å²) < 4.78 is 2.16. The van der Waals surface area contributed by atoms with Crippen molar-refractivity contribution in [3.63, 3.8) is 0 Å². The van der Waals surface area contributed by atoms with Crippen LogP contribution in [0.4, 0.5) is 0 Å². The van der Waals surface area contributed by atoms with E-state index in [4.69, 9.17) is 0 Å². The summed E-state index contributed by atoms with van der Waals surface area (Å²) in [5.41, 5.74) is 3.23. The number of aromatic nitrogens is 2. The Hall–Kier alpha value is -1.38. The Bertz CT molecular complexity index is 663. The minimum Gasteiger partial charge on any atom is -0.289 e. The van der Waals surface area contributed by atoms with E-state index < -0.39 is 0 Å². The lowest BCUT2D eigenvalue weighted by atomic mass is 9.98. The lowest BCUT2D eigenvalue weighted by molar-refractivity contribution is 0.153. The molecule has 5 heteroatoms. The van der Waals surface area contributed by atoms with E-state index in [0.717, 1.165) is 29.4 Å². The topological polar surface area (TPSA) is 44.3 Å². The van der Waals surface area contributed by atoms with Crippen molar-refractivity contribution in [2.24, 2.45) is 5.92 Å². The normalized spacial score (nSPS) is 22.0. The molecule has 2 atom stereocenters. The van der Waals surface area contributed by atoms with Crippen molar-refractivity contribution < 1.29 is 0 Å². The van der Waals surface area contributed by atoms with Gasteiger partial charge in [0, 0.05) is 17.6 Å². The number of fused-ring (bicyclic) bond motifs is 1. The predicted molar refractivity (Wildman–Crippen MR) is 80.9 cm³/mol. The number of piperidine rings is 1. The smallest absolute Gasteiger partial charge is 0.194 e. The van der Waals surface area contributed by atoms with Gasteiger partial charge in [0.1, 0.15) is 6.04 Å². The quantitative estimate of drug-likeness (QED) is 0.851. The highest BCUT2D eigenvalue weighted by Crippen LogP contribution is 2.31. The summed E-state index contributed by atoms with van der Waals surface area (Å²) in [5, 5.41) is 11.8. The molecule has 1 aliphatic rings. The summed E-state index contributed by atoms with van der Waals surface area (Å²) in [6, 6.07) is 2.33. The van der Waals surface area contributed by atoms with Crippen molar-refractivity contribution in [2.45, 2.75) is 39.7 Å². The van der Waals surface area contributed by atoms with Crippen molar-refractivity contribution in [1.29, 1.82) is 5.26 Å². The van der Waals surface area contributed by atoms with E-state index in [9.17, 15) is 5.26 Å². The minimum absolute atomic E-state index is 0.180. The molecule has 0 spiro atoms. The highest BCUT2D eigenvalue weighted by molar-refractivity contribution is 7.15. The number of hydrogen-bond donors (Lipinski definition) is 0. The van der Waals surface area contributed by atoms with Crippen molar-refractivity contribution in [1.82, 2.24) is 14.3 Å². The second kappa shape index (κ2) is 5.19. The molecule has 0 bridgehead atoms. The molecule has 1 fully saturated rings. The first-order valence-corrected chi connectivity index (χ1v) is 8.06. The maximum absolute atomic E-state index is 9.72. The lowest BCUT2D eigenvalue weighted by Gasteiger charge is -2.34. The van der Waals surface area contributed by atoms with Gasteiger partial charge in [-0.05, 0) is 39.2 Å². The summed E-state index contributed by atoms with van der Waals surface area (Å²) in [5.74, 6) is 0.673. The van der Waals surface area contributed by atoms with Crippen LogP contribution in [0.5, 0.6) is 0 Å². The Labute approximate surface area is 123 Å². The Morgan fingerprint density at radius 1 is 1.50 bits per heavy atom. The van der Waals surface area contributed by atoms with Gasteiger partial charge in [0.15, 0.2) is 4.96 Å². The zero-order valence-corrected chi connectivity index (χ0v) is 13.1. The van der Waals surface area contributed by atoms with E-state index in [1.807, 2.05) is 6.92 Å². The fourth-order valence-corrected chi connectivity index (χ4v) is 4.14. The van der Waals surface area contributed by atoms with Crippen LogP contribution < -0.4 is 0 Å². The molecule has 2 aromatic heterocycles. The van der Waals surface area contributed by atoms with Gasteiger partial charge < -0.3 is 0 Å². The molecule has 0 aliphatic carbocycles. The Morgan fingerprint density at radius 2 is 2.30 bits per heavy atom. The molecule has 1 saturated heterocycles. The predicted octanol–water partition coefficient (Wildman–Crippen LogP) is 3.31. The molecule has 106 valence electrons. The van der Waals surface area contributed by atoms with E-state index in [0.29, 0.717) is 5.92 Å². The number of nitrogens with zero attached hydrogens (tertiary/aromatic N) is 4. The number of nitriles is 1. The van der Waals surface area contributed by atoms with Gasteiger partial charge in [0.05, 0.1) is 17.5 Å². The number of thiazole rings is 1. The third-order valence-corrected chi connectivity index (χ3v) is 5.13. The van der Waals surface area contributed by atoms with E-state index in [-0.39, 0.29) is 6.04 Å². The van der Waals surface area contributed by atoms with Crippen LogP contribution in [0.2, 0.25) is 0 Å². The maximum atomic E-state index is 9.72. The summed E-state index contributed by atoms with van der Waals surface area (Å²) in [6.07, 6.45) is 2.45. The van der Waals surface area contributed by atoms with Crippen LogP contribution in [0, 0.1) is 31.1 Å². The van der Waals surface area contributed by atoms with Gasteiger partial charge >= 0.3 is 0 Å². The van der Waals surface area contributed by atoms with Gasteiger partial charge in [0.25, 0.3) is 0 Å². The number of rotatable bonds is 2. The second-order valence-corrected chi connectivity index (χ2v) is 6.69. The van der Waals surface area contributed by atoms with Gasteiger partial charge in [-0.25, -0.2) is 4.98 Å². The number of aryl methyl sites for hydroxylation is 2. The zero-order chi connectivity index (χ0) is 14.3. The first kappa shape index (κ1) is 13.6. The summed E-state index contributed by atoms with van der Waals surface area (Å²) in [6.45, 7) is 8.40. The van der Waals surface area contributed by atoms with Crippen LogP contribution in [0.3, 0.4) is 0 Å². The first-order valence-electron chi connectivity index (χ1n) is 7.18. The molecule has 1 aliphatic heterocycles. The molecule has 0 N–H and O–H groups in total. The van der Waals surface area contributed by atoms with Crippen LogP contribution in [0.25, 0.3) is 4.96 Å². The van der Waals surface area contributed by atoms with Crippen LogP contribution in [-0.4, -0.2) is 27.4 Å². The molecule has 3 rings (SSSR count). The van der Waals surface area contributed by atoms with Crippen molar-refractivity contribution >= 4 is 16.3 Å². The maximum Gasteiger partial charge on any atom is 0.194 e. The summed E-state index contributed by atoms with van der Waals surface area (Å²) >= 11 is 1.65. The number of imidazole rings is 1. The fourth-order valence-electron chi connectivity index (χ4n) is 3.22. The molecule has 0 amide bonds. The van der Waals surface area contributed by atoms with Crippen molar-refractivity contribution in [3.05, 3.63) is 22.5 Å². The second-order valence-electron chi connectivity index (χ2n) is 5.85. The van der Waals surface area contributed by atoms with Crippen LogP contribution in [-0.2, 0) is 0 Å². The molecule has 4 nitrogen and oxygen atoms in total. The third kappa shape index (κ3) is 2.13. The van der Waals surface area contributed by atoms with Gasteiger partial charge in [0.2, 0.25) is 0 Å². The minimum atomic E-state index is -0.180. The SMILES string of the molecule is Cc1nc2scc(C)n2c1C(C#N)N1CCCC(C)C1. The molecule has 20 heavy (non-hydrogen) atoms. The van der Waals surface area contributed by atoms with Crippen molar-refractivity contribution in [3.8, 4) is 6.07 Å². The van der Waals surface area contributed by atoms with Crippen LogP contribution >= 0.6 is 11.3 Å². The molecule has 0 aromatic carbocycles. The molecule has 0 saturated carbocycles. The van der Waals surface area contributed by atoms with Crippen LogP contribution in [0.1, 0.15) is 42.9 Å². The Morgan fingerprint density at radius 3 is 3.00 bits per heavy atom. The largest absolute Gasteiger partial charge is 0.289 e. The van der Waals surface area contributed by atoms with E-state index in [2.05, 4.69) is 39.6 Å². The molecular formula is C15H20N4S. The molecule has 2 unspecified atom stereocenters. The van der Waals surface area contributed by atoms with Crippen LogP contribution in [0.15, 0.2) is 5.38 Å². The summed E-state index contributed by atoms with van der Waals surface area (Å²) in [4.78, 5) is 7.94. The van der Waals surface area contributed by atoms with Gasteiger partial charge in [-0.2, -0.15) is 5.26 Å². The summed E-state index contributed by atoms with van der Waals surface area (Å²) in [7, 11) is 0. The molecule has 2 aromatic rings. The average molecular weight is 288 g/mol. The Balaban J connectivity index is 2.05. The Kier molecular flexibility index (Phi) is 3.53. The highest BCUT2D eigenvalue weighted by Gasteiger charge is 2.29. The lowest BCUT2D eigenvalue weighted by Crippen LogP contribution is -2.37. The molecule has 3 heterocycles. The van der Waals surface area contributed by atoms with E-state index >= 15 is 0 Å². The molecule has 0 radical (unpaired) electrons. The van der Waals surface area contributed by atoms with Gasteiger partial charge in [-0.3, -0.25) is 9.30 Å². The molecular weight excluding hydrogens is 268 g/mol. The third-order valence-electron chi connectivity index (χ3n) is 4.19. The van der Waals surface area contributed by atoms with E-state index in [1.165, 1.54) is 18.5 Å². The first-order chi connectivity index (χ1) is 9.61. The van der Waals surface area contributed by atoms with Crippen molar-refractivity contribution in [2.75, 3.05) is 13.1 Å². The number of likely N-dealkylation sites (tertiary alicyclic amines) is 1. The van der Waals surface area contributed by atoms with Gasteiger partial charge in [-0.15, -0.1) is 11.3 Å². The average Bonchev–Trinajstić information content (AvgIpc) is 2.92. The zero-order valence-electron chi connectivity index (χ0n) is 12.3. The fraction of sp³-hybridized carbons (Fsp3) is 0.600. The number of hydrogen-bond acceptors (Lipinski definition) is 4. The van der Waals surface area contributed by atoms with Gasteiger partial charge in [-0.1, -0.05) is 6.92 Å². The highest BCUT2D eigenvalue weighted by atomic mass is 32.1. The monoisotopic (exact) mass is 288 g/mol. The standard InChI is InChI=1S/C15H20N4S/c1-10-5-4-6-18(8-10)13(7-16)14-12(3)17-15-19(14)11(2)9-20-15/h9-10,13H,4-6,8H2,1-3H3. The van der Waals surface area contributed by atoms with E-state index in [1.54, 1.807) is 11.3 Å².